The fraction of sp³-hybridized carbons (Fsp3) is 0.333. The number of hydrogen-bond acceptors (Lipinski definition) is 7. The molecule has 0 spiro atoms. The van der Waals surface area contributed by atoms with Crippen molar-refractivity contribution >= 4 is 15.8 Å². The minimum atomic E-state index is -3.51. The molecule has 0 bridgehead atoms. The molecule has 0 amide bonds. The van der Waals surface area contributed by atoms with Gasteiger partial charge >= 0.3 is 0 Å². The summed E-state index contributed by atoms with van der Waals surface area (Å²) in [6.45, 7) is 5.80. The van der Waals surface area contributed by atoms with E-state index in [4.69, 9.17) is 9.47 Å². The minimum Gasteiger partial charge on any atom is -0.493 e. The van der Waals surface area contributed by atoms with Crippen molar-refractivity contribution in [3.05, 3.63) is 59.7 Å². The highest BCUT2D eigenvalue weighted by molar-refractivity contribution is 7.89. The fourth-order valence-corrected chi connectivity index (χ4v) is 5.33. The first-order valence-corrected chi connectivity index (χ1v) is 12.2. The van der Waals surface area contributed by atoms with E-state index >= 15 is 0 Å². The molecule has 0 atom stereocenters. The van der Waals surface area contributed by atoms with Crippen LogP contribution in [0.1, 0.15) is 11.1 Å². The molecule has 0 saturated carbocycles. The van der Waals surface area contributed by atoms with Gasteiger partial charge in [-0.15, -0.1) is 10.2 Å². The second-order valence-electron chi connectivity index (χ2n) is 7.98. The third-order valence-corrected chi connectivity index (χ3v) is 7.90. The van der Waals surface area contributed by atoms with Crippen LogP contribution in [0.4, 0.5) is 5.82 Å². The van der Waals surface area contributed by atoms with Crippen LogP contribution in [0.2, 0.25) is 0 Å². The van der Waals surface area contributed by atoms with E-state index in [-0.39, 0.29) is 0 Å². The molecule has 0 aliphatic carbocycles. The summed E-state index contributed by atoms with van der Waals surface area (Å²) < 4.78 is 38.3. The lowest BCUT2D eigenvalue weighted by Crippen LogP contribution is -2.49. The number of aryl methyl sites for hydroxylation is 2. The van der Waals surface area contributed by atoms with Crippen molar-refractivity contribution < 1.29 is 17.9 Å². The second-order valence-corrected chi connectivity index (χ2v) is 9.92. The number of nitrogens with zero attached hydrogens (tertiary/aromatic N) is 4. The van der Waals surface area contributed by atoms with Gasteiger partial charge in [-0.2, -0.15) is 4.31 Å². The summed E-state index contributed by atoms with van der Waals surface area (Å²) in [6.07, 6.45) is 0. The van der Waals surface area contributed by atoms with Crippen molar-refractivity contribution in [2.45, 2.75) is 18.7 Å². The SMILES string of the molecule is COc1ccc(-c2ccc(N3CCN(S(=O)(=O)c4ccc(C)c(C)c4)CC3)nn2)cc1OC. The summed E-state index contributed by atoms with van der Waals surface area (Å²) in [5, 5.41) is 8.75. The molecule has 33 heavy (non-hydrogen) atoms. The largest absolute Gasteiger partial charge is 0.493 e. The number of sulfonamides is 1. The van der Waals surface area contributed by atoms with E-state index in [0.717, 1.165) is 28.2 Å². The molecule has 3 aromatic rings. The summed E-state index contributed by atoms with van der Waals surface area (Å²) in [5.74, 6) is 2.00. The van der Waals surface area contributed by atoms with Crippen molar-refractivity contribution in [3.8, 4) is 22.8 Å². The first kappa shape index (κ1) is 23.0. The third kappa shape index (κ3) is 4.65. The van der Waals surface area contributed by atoms with Crippen LogP contribution in [0, 0.1) is 13.8 Å². The van der Waals surface area contributed by atoms with Gasteiger partial charge in [0.15, 0.2) is 17.3 Å². The number of rotatable bonds is 6. The van der Waals surface area contributed by atoms with Gasteiger partial charge in [0, 0.05) is 31.7 Å². The van der Waals surface area contributed by atoms with Crippen LogP contribution in [-0.4, -0.2) is 63.3 Å². The predicted molar refractivity (Wildman–Crippen MR) is 127 cm³/mol. The van der Waals surface area contributed by atoms with Crippen LogP contribution in [-0.2, 0) is 10.0 Å². The van der Waals surface area contributed by atoms with E-state index in [1.807, 2.05) is 50.2 Å². The number of ether oxygens (including phenoxy) is 2. The van der Waals surface area contributed by atoms with E-state index in [9.17, 15) is 8.42 Å². The number of benzene rings is 2. The summed E-state index contributed by atoms with van der Waals surface area (Å²) in [4.78, 5) is 2.40. The predicted octanol–water partition coefficient (Wildman–Crippen LogP) is 3.29. The molecule has 2 aromatic carbocycles. The molecule has 0 unspecified atom stereocenters. The Labute approximate surface area is 194 Å². The van der Waals surface area contributed by atoms with Gasteiger partial charge in [-0.3, -0.25) is 0 Å². The van der Waals surface area contributed by atoms with Crippen LogP contribution < -0.4 is 14.4 Å². The highest BCUT2D eigenvalue weighted by atomic mass is 32.2. The average molecular weight is 469 g/mol. The maximum Gasteiger partial charge on any atom is 0.243 e. The van der Waals surface area contributed by atoms with Crippen molar-refractivity contribution in [1.82, 2.24) is 14.5 Å². The van der Waals surface area contributed by atoms with Crippen LogP contribution in [0.3, 0.4) is 0 Å². The van der Waals surface area contributed by atoms with Crippen LogP contribution in [0.15, 0.2) is 53.4 Å². The molecule has 0 radical (unpaired) electrons. The topological polar surface area (TPSA) is 84.9 Å². The van der Waals surface area contributed by atoms with Crippen molar-refractivity contribution in [3.63, 3.8) is 0 Å². The monoisotopic (exact) mass is 468 g/mol. The zero-order valence-electron chi connectivity index (χ0n) is 19.3. The van der Waals surface area contributed by atoms with Crippen molar-refractivity contribution in [2.75, 3.05) is 45.3 Å². The number of methoxy groups -OCH3 is 2. The minimum absolute atomic E-state index is 0.345. The molecular weight excluding hydrogens is 440 g/mol. The number of hydrogen-bond donors (Lipinski definition) is 0. The molecule has 2 heterocycles. The Kier molecular flexibility index (Phi) is 6.53. The van der Waals surface area contributed by atoms with Gasteiger partial charge in [0.1, 0.15) is 0 Å². The van der Waals surface area contributed by atoms with Crippen LogP contribution in [0.5, 0.6) is 11.5 Å². The Morgan fingerprint density at radius 1 is 0.788 bits per heavy atom. The van der Waals surface area contributed by atoms with E-state index in [1.54, 1.807) is 30.7 Å². The van der Waals surface area contributed by atoms with Gasteiger partial charge in [0.2, 0.25) is 10.0 Å². The number of anilines is 1. The van der Waals surface area contributed by atoms with Crippen molar-refractivity contribution in [1.29, 1.82) is 0 Å². The molecule has 174 valence electrons. The number of piperazine rings is 1. The molecule has 0 N–H and O–H groups in total. The first-order chi connectivity index (χ1) is 15.8. The van der Waals surface area contributed by atoms with E-state index in [1.165, 1.54) is 0 Å². The molecule has 1 aliphatic rings. The molecule has 1 fully saturated rings. The van der Waals surface area contributed by atoms with Gasteiger partial charge in [-0.1, -0.05) is 6.07 Å². The smallest absolute Gasteiger partial charge is 0.243 e. The average Bonchev–Trinajstić information content (AvgIpc) is 2.85. The molecule has 9 heteroatoms. The molecular formula is C24H28N4O4S. The molecule has 1 aromatic heterocycles. The highest BCUT2D eigenvalue weighted by Gasteiger charge is 2.29. The van der Waals surface area contributed by atoms with Gasteiger partial charge < -0.3 is 14.4 Å². The first-order valence-electron chi connectivity index (χ1n) is 10.7. The highest BCUT2D eigenvalue weighted by Crippen LogP contribution is 2.31. The summed E-state index contributed by atoms with van der Waals surface area (Å²) in [6, 6.07) is 14.7. The standard InChI is InChI=1S/C24H28N4O4S/c1-17-5-7-20(15-18(17)2)33(29,30)28-13-11-27(12-14-28)24-10-8-21(25-26-24)19-6-9-22(31-3)23(16-19)32-4/h5-10,15-16H,11-14H2,1-4H3. The fourth-order valence-electron chi connectivity index (χ4n) is 3.82. The van der Waals surface area contributed by atoms with Crippen molar-refractivity contribution in [2.24, 2.45) is 0 Å². The van der Waals surface area contributed by atoms with E-state index < -0.39 is 10.0 Å². The summed E-state index contributed by atoms with van der Waals surface area (Å²) in [7, 11) is -0.324. The maximum absolute atomic E-state index is 13.1. The lowest BCUT2D eigenvalue weighted by Gasteiger charge is -2.34. The molecule has 4 rings (SSSR count). The Bertz CT molecular complexity index is 1240. The van der Waals surface area contributed by atoms with Gasteiger partial charge in [0.05, 0.1) is 24.8 Å². The lowest BCUT2D eigenvalue weighted by molar-refractivity contribution is 0.355. The zero-order chi connectivity index (χ0) is 23.6. The Morgan fingerprint density at radius 3 is 2.12 bits per heavy atom. The molecule has 1 aliphatic heterocycles. The van der Waals surface area contributed by atoms with Crippen LogP contribution in [0.25, 0.3) is 11.3 Å². The second kappa shape index (κ2) is 9.36. The Hall–Kier alpha value is -3.17. The molecule has 1 saturated heterocycles. The Balaban J connectivity index is 1.44. The van der Waals surface area contributed by atoms with Gasteiger partial charge in [0.25, 0.3) is 0 Å². The number of aromatic nitrogens is 2. The zero-order valence-corrected chi connectivity index (χ0v) is 20.1. The molecule has 8 nitrogen and oxygen atoms in total. The maximum atomic E-state index is 13.1. The summed E-state index contributed by atoms with van der Waals surface area (Å²) >= 11 is 0. The van der Waals surface area contributed by atoms with E-state index in [2.05, 4.69) is 15.1 Å². The normalized spacial score (nSPS) is 14.8. The van der Waals surface area contributed by atoms with Crippen LogP contribution >= 0.6 is 0 Å². The summed E-state index contributed by atoms with van der Waals surface area (Å²) in [5.41, 5.74) is 3.64. The van der Waals surface area contributed by atoms with Gasteiger partial charge in [-0.05, 0) is 67.4 Å². The van der Waals surface area contributed by atoms with Gasteiger partial charge in [-0.25, -0.2) is 8.42 Å². The lowest BCUT2D eigenvalue weighted by atomic mass is 10.1. The third-order valence-electron chi connectivity index (χ3n) is 6.01. The quantitative estimate of drug-likeness (QED) is 0.549. The van der Waals surface area contributed by atoms with E-state index in [0.29, 0.717) is 42.6 Å². The Morgan fingerprint density at radius 2 is 1.52 bits per heavy atom.